The molecule has 27 heavy (non-hydrogen) atoms. The summed E-state index contributed by atoms with van der Waals surface area (Å²) in [5.74, 6) is 0.432. The summed E-state index contributed by atoms with van der Waals surface area (Å²) in [5, 5.41) is 10.1. The third-order valence-electron chi connectivity index (χ3n) is 3.32. The van der Waals surface area contributed by atoms with E-state index in [1.165, 1.54) is 11.8 Å². The van der Waals surface area contributed by atoms with Crippen molar-refractivity contribution < 1.29 is 13.2 Å². The average Bonchev–Trinajstić information content (AvgIpc) is 3.13. The van der Waals surface area contributed by atoms with E-state index in [-0.39, 0.29) is 15.4 Å². The van der Waals surface area contributed by atoms with Crippen LogP contribution in [0.15, 0.2) is 63.8 Å². The van der Waals surface area contributed by atoms with Crippen LogP contribution in [0.4, 0.5) is 10.8 Å². The van der Waals surface area contributed by atoms with Gasteiger partial charge in [-0.15, -0.1) is 22.0 Å². The second-order valence-corrected chi connectivity index (χ2v) is 9.37. The summed E-state index contributed by atoms with van der Waals surface area (Å²) in [7, 11) is -3.90. The molecule has 7 nitrogen and oxygen atoms in total. The van der Waals surface area contributed by atoms with E-state index in [1.807, 2.05) is 19.1 Å². The predicted octanol–water partition coefficient (Wildman–Crippen LogP) is 3.70. The van der Waals surface area contributed by atoms with Gasteiger partial charge >= 0.3 is 0 Å². The van der Waals surface area contributed by atoms with Crippen molar-refractivity contribution in [3.05, 3.63) is 60.2 Å². The highest BCUT2D eigenvalue weighted by atomic mass is 32.2. The van der Waals surface area contributed by atoms with E-state index in [9.17, 15) is 13.2 Å². The van der Waals surface area contributed by atoms with Crippen molar-refractivity contribution >= 4 is 49.8 Å². The molecule has 0 fully saturated rings. The van der Waals surface area contributed by atoms with Crippen molar-refractivity contribution in [3.63, 3.8) is 0 Å². The number of benzene rings is 2. The van der Waals surface area contributed by atoms with Crippen LogP contribution >= 0.6 is 23.1 Å². The minimum Gasteiger partial charge on any atom is -0.296 e. The molecule has 3 aromatic rings. The minimum atomic E-state index is -3.90. The second kappa shape index (κ2) is 8.51. The van der Waals surface area contributed by atoms with Crippen LogP contribution in [-0.2, 0) is 10.0 Å². The van der Waals surface area contributed by atoms with Gasteiger partial charge in [0.1, 0.15) is 0 Å². The number of para-hydroxylation sites is 1. The fraction of sp³-hybridized carbons (Fsp3) is 0.118. The Morgan fingerprint density at radius 1 is 1.07 bits per heavy atom. The topological polar surface area (TPSA) is 101 Å². The Morgan fingerprint density at radius 3 is 2.52 bits per heavy atom. The van der Waals surface area contributed by atoms with Crippen LogP contribution in [0, 0.1) is 0 Å². The number of hydrogen-bond acceptors (Lipinski definition) is 7. The lowest BCUT2D eigenvalue weighted by Crippen LogP contribution is -2.13. The summed E-state index contributed by atoms with van der Waals surface area (Å²) in [5.41, 5.74) is 0.926. The lowest BCUT2D eigenvalue weighted by Gasteiger charge is -2.09. The number of rotatable bonds is 7. The lowest BCUT2D eigenvalue weighted by atomic mass is 10.2. The number of sulfonamides is 1. The maximum Gasteiger partial charge on any atom is 0.291 e. The smallest absolute Gasteiger partial charge is 0.291 e. The molecule has 2 aromatic carbocycles. The third kappa shape index (κ3) is 4.85. The van der Waals surface area contributed by atoms with Crippen LogP contribution in [0.25, 0.3) is 0 Å². The fourth-order valence-corrected chi connectivity index (χ4v) is 4.95. The molecule has 0 atom stereocenters. The van der Waals surface area contributed by atoms with Gasteiger partial charge in [-0.3, -0.25) is 14.8 Å². The second-order valence-electron chi connectivity index (χ2n) is 5.23. The third-order valence-corrected chi connectivity index (χ3v) is 6.85. The molecule has 1 amide bonds. The highest BCUT2D eigenvalue weighted by Gasteiger charge is 2.22. The first-order chi connectivity index (χ1) is 13.0. The van der Waals surface area contributed by atoms with E-state index in [1.54, 1.807) is 42.5 Å². The number of nitrogens with zero attached hydrogens (tertiary/aromatic N) is 2. The molecule has 0 unspecified atom stereocenters. The zero-order valence-electron chi connectivity index (χ0n) is 14.2. The Morgan fingerprint density at radius 2 is 1.78 bits per heavy atom. The quantitative estimate of drug-likeness (QED) is 0.446. The Balaban J connectivity index is 1.76. The Kier molecular flexibility index (Phi) is 6.09. The van der Waals surface area contributed by atoms with Gasteiger partial charge in [0.05, 0.1) is 5.69 Å². The lowest BCUT2D eigenvalue weighted by molar-refractivity contribution is 0.102. The van der Waals surface area contributed by atoms with Gasteiger partial charge in [0.15, 0.2) is 0 Å². The summed E-state index contributed by atoms with van der Waals surface area (Å²) in [4.78, 5) is 13.0. The van der Waals surface area contributed by atoms with E-state index in [0.29, 0.717) is 11.3 Å². The average molecular weight is 421 g/mol. The molecule has 0 spiro atoms. The van der Waals surface area contributed by atoms with Gasteiger partial charge in [-0.2, -0.15) is 8.42 Å². The normalized spacial score (nSPS) is 11.1. The molecular formula is C17H16N4O3S3. The van der Waals surface area contributed by atoms with Crippen molar-refractivity contribution in [2.24, 2.45) is 0 Å². The highest BCUT2D eigenvalue weighted by molar-refractivity contribution is 7.99. The summed E-state index contributed by atoms with van der Waals surface area (Å²) in [6, 6.07) is 15.7. The number of thioether (sulfide) groups is 1. The van der Waals surface area contributed by atoms with Crippen LogP contribution < -0.4 is 10.0 Å². The Bertz CT molecular complexity index is 1040. The van der Waals surface area contributed by atoms with Crippen molar-refractivity contribution in [1.29, 1.82) is 0 Å². The molecule has 0 aliphatic carbocycles. The number of amides is 1. The molecule has 140 valence electrons. The first kappa shape index (κ1) is 19.3. The molecule has 0 saturated carbocycles. The maximum absolute atomic E-state index is 12.6. The van der Waals surface area contributed by atoms with E-state index < -0.39 is 10.0 Å². The van der Waals surface area contributed by atoms with Crippen molar-refractivity contribution in [2.75, 3.05) is 15.8 Å². The van der Waals surface area contributed by atoms with Gasteiger partial charge in [0.25, 0.3) is 20.3 Å². The summed E-state index contributed by atoms with van der Waals surface area (Å²) < 4.78 is 27.5. The van der Waals surface area contributed by atoms with Crippen molar-refractivity contribution in [2.45, 2.75) is 16.2 Å². The monoisotopic (exact) mass is 420 g/mol. The largest absolute Gasteiger partial charge is 0.296 e. The van der Waals surface area contributed by atoms with E-state index in [2.05, 4.69) is 20.2 Å². The van der Waals surface area contributed by atoms with Crippen LogP contribution in [0.2, 0.25) is 0 Å². The van der Waals surface area contributed by atoms with Crippen LogP contribution in [0.1, 0.15) is 17.3 Å². The van der Waals surface area contributed by atoms with Gasteiger partial charge in [0.2, 0.25) is 5.13 Å². The molecule has 2 N–H and O–H groups in total. The number of aromatic nitrogens is 2. The molecule has 0 saturated heterocycles. The van der Waals surface area contributed by atoms with Crippen molar-refractivity contribution in [1.82, 2.24) is 10.2 Å². The zero-order chi connectivity index (χ0) is 19.3. The van der Waals surface area contributed by atoms with Gasteiger partial charge in [-0.05, 0) is 30.0 Å². The summed E-state index contributed by atoms with van der Waals surface area (Å²) >= 11 is 2.32. The Hall–Kier alpha value is -2.43. The fourth-order valence-electron chi connectivity index (χ4n) is 2.15. The molecule has 10 heteroatoms. The summed E-state index contributed by atoms with van der Waals surface area (Å²) in [6.07, 6.45) is 0. The van der Waals surface area contributed by atoms with E-state index in [0.717, 1.165) is 22.0 Å². The number of hydrogen-bond donors (Lipinski definition) is 2. The number of carbonyl (C=O) groups is 1. The first-order valence-corrected chi connectivity index (χ1v) is 11.2. The van der Waals surface area contributed by atoms with Crippen LogP contribution in [0.5, 0.6) is 0 Å². The molecule has 0 bridgehead atoms. The molecular weight excluding hydrogens is 404 g/mol. The maximum atomic E-state index is 12.6. The van der Waals surface area contributed by atoms with Gasteiger partial charge in [0, 0.05) is 10.5 Å². The molecule has 0 radical (unpaired) electrons. The number of carbonyl (C=O) groups excluding carboxylic acids is 1. The Labute approximate surface area is 165 Å². The first-order valence-electron chi connectivity index (χ1n) is 7.94. The number of nitrogens with one attached hydrogen (secondary N) is 2. The summed E-state index contributed by atoms with van der Waals surface area (Å²) in [6.45, 7) is 1.99. The predicted molar refractivity (Wildman–Crippen MR) is 108 cm³/mol. The van der Waals surface area contributed by atoms with Crippen LogP contribution in [0.3, 0.4) is 0 Å². The van der Waals surface area contributed by atoms with Crippen LogP contribution in [-0.4, -0.2) is 30.3 Å². The zero-order valence-corrected chi connectivity index (χ0v) is 16.7. The van der Waals surface area contributed by atoms with Gasteiger partial charge in [-0.25, -0.2) is 0 Å². The standard InChI is InChI=1S/C17H16N4O3S3/c1-2-25-14-11-7-6-10-13(14)21-27(23,24)17-20-19-16(26-17)18-15(22)12-8-4-3-5-9-12/h3-11,21H,2H2,1H3,(H,18,19,22). The number of anilines is 2. The van der Waals surface area contributed by atoms with Crippen molar-refractivity contribution in [3.8, 4) is 0 Å². The van der Waals surface area contributed by atoms with E-state index >= 15 is 0 Å². The SMILES string of the molecule is CCSc1ccccc1NS(=O)(=O)c1nnc(NC(=O)c2ccccc2)s1. The molecule has 0 aliphatic heterocycles. The molecule has 1 aromatic heterocycles. The van der Waals surface area contributed by atoms with Gasteiger partial charge in [-0.1, -0.05) is 48.6 Å². The van der Waals surface area contributed by atoms with Gasteiger partial charge < -0.3 is 0 Å². The van der Waals surface area contributed by atoms with E-state index in [4.69, 9.17) is 0 Å². The molecule has 1 heterocycles. The molecule has 3 rings (SSSR count). The molecule has 0 aliphatic rings. The minimum absolute atomic E-state index is 0.112. The highest BCUT2D eigenvalue weighted by Crippen LogP contribution is 2.29.